The number of fused-ring (bicyclic) bond motifs is 1. The topological polar surface area (TPSA) is 79.4 Å². The molecule has 0 saturated carbocycles. The summed E-state index contributed by atoms with van der Waals surface area (Å²) in [5.41, 5.74) is 6.01. The normalized spacial score (nSPS) is 16.5. The highest BCUT2D eigenvalue weighted by atomic mass is 32.1. The lowest BCUT2D eigenvalue weighted by Crippen LogP contribution is -2.45. The van der Waals surface area contributed by atoms with Gasteiger partial charge in [0, 0.05) is 12.6 Å². The Bertz CT molecular complexity index is 979. The summed E-state index contributed by atoms with van der Waals surface area (Å²) in [6.07, 6.45) is 3.15. The van der Waals surface area contributed by atoms with E-state index in [2.05, 4.69) is 20.8 Å². The molecule has 1 saturated heterocycles. The number of carbonyl (C=O) groups excluding carboxylic acids is 1. The smallest absolute Gasteiger partial charge is 0.261 e. The standard InChI is InChI=1S/C18H18FN5O2S/c1-26-15-9-11(19)4-5-13(15)22-23-17(25)14-3-2-7-24(14)16-12-6-8-27-18(12)21-10-20-16/h4-6,8-10,14,22H,2-3,7H2,1H3,(H,23,25). The Morgan fingerprint density at radius 3 is 3.11 bits per heavy atom. The lowest BCUT2D eigenvalue weighted by atomic mass is 10.2. The molecular formula is C18H18FN5O2S. The minimum Gasteiger partial charge on any atom is -0.494 e. The highest BCUT2D eigenvalue weighted by Gasteiger charge is 2.32. The van der Waals surface area contributed by atoms with Gasteiger partial charge in [0.2, 0.25) is 0 Å². The fraction of sp³-hybridized carbons (Fsp3) is 0.278. The Balaban J connectivity index is 1.51. The van der Waals surface area contributed by atoms with Gasteiger partial charge in [0.1, 0.15) is 34.6 Å². The van der Waals surface area contributed by atoms with E-state index in [-0.39, 0.29) is 11.9 Å². The van der Waals surface area contributed by atoms with Gasteiger partial charge in [0.15, 0.2) is 0 Å². The number of benzene rings is 1. The first-order chi connectivity index (χ1) is 13.2. The van der Waals surface area contributed by atoms with E-state index in [1.165, 1.54) is 31.6 Å². The fourth-order valence-corrected chi connectivity index (χ4v) is 4.01. The van der Waals surface area contributed by atoms with E-state index in [0.717, 1.165) is 35.4 Å². The largest absolute Gasteiger partial charge is 0.494 e. The zero-order chi connectivity index (χ0) is 18.8. The lowest BCUT2D eigenvalue weighted by molar-refractivity contribution is -0.121. The van der Waals surface area contributed by atoms with Gasteiger partial charge in [0.05, 0.1) is 18.2 Å². The van der Waals surface area contributed by atoms with Crippen molar-refractivity contribution in [1.29, 1.82) is 0 Å². The molecule has 1 aromatic carbocycles. The molecule has 0 aliphatic carbocycles. The van der Waals surface area contributed by atoms with Gasteiger partial charge in [-0.15, -0.1) is 11.3 Å². The van der Waals surface area contributed by atoms with E-state index in [4.69, 9.17) is 4.74 Å². The van der Waals surface area contributed by atoms with Crippen LogP contribution in [-0.2, 0) is 4.79 Å². The molecule has 3 heterocycles. The molecule has 2 aromatic heterocycles. The van der Waals surface area contributed by atoms with Crippen molar-refractivity contribution in [3.8, 4) is 5.75 Å². The van der Waals surface area contributed by atoms with Crippen molar-refractivity contribution in [2.45, 2.75) is 18.9 Å². The van der Waals surface area contributed by atoms with E-state index >= 15 is 0 Å². The Kier molecular flexibility index (Phi) is 4.76. The van der Waals surface area contributed by atoms with Crippen LogP contribution in [0.5, 0.6) is 5.75 Å². The van der Waals surface area contributed by atoms with Crippen molar-refractivity contribution in [2.24, 2.45) is 0 Å². The lowest BCUT2D eigenvalue weighted by Gasteiger charge is -2.25. The molecule has 2 N–H and O–H groups in total. The fourth-order valence-electron chi connectivity index (χ4n) is 3.28. The SMILES string of the molecule is COc1cc(F)ccc1NNC(=O)C1CCCN1c1ncnc2sccc12. The summed E-state index contributed by atoms with van der Waals surface area (Å²) in [7, 11) is 1.45. The number of nitrogens with zero attached hydrogens (tertiary/aromatic N) is 3. The first kappa shape index (κ1) is 17.5. The number of nitrogens with one attached hydrogen (secondary N) is 2. The summed E-state index contributed by atoms with van der Waals surface area (Å²) < 4.78 is 18.4. The van der Waals surface area contributed by atoms with Crippen molar-refractivity contribution >= 4 is 39.0 Å². The molecular weight excluding hydrogens is 369 g/mol. The van der Waals surface area contributed by atoms with Crippen LogP contribution >= 0.6 is 11.3 Å². The van der Waals surface area contributed by atoms with Gasteiger partial charge < -0.3 is 9.64 Å². The van der Waals surface area contributed by atoms with Crippen molar-refractivity contribution in [2.75, 3.05) is 24.0 Å². The summed E-state index contributed by atoms with van der Waals surface area (Å²) in [6, 6.07) is 5.70. The van der Waals surface area contributed by atoms with E-state index in [1.54, 1.807) is 11.3 Å². The number of methoxy groups -OCH3 is 1. The van der Waals surface area contributed by atoms with Crippen LogP contribution in [0.3, 0.4) is 0 Å². The van der Waals surface area contributed by atoms with Crippen molar-refractivity contribution in [1.82, 2.24) is 15.4 Å². The quantitative estimate of drug-likeness (QED) is 0.656. The number of hydrazine groups is 1. The molecule has 1 fully saturated rings. The molecule has 27 heavy (non-hydrogen) atoms. The second-order valence-electron chi connectivity index (χ2n) is 6.15. The highest BCUT2D eigenvalue weighted by Crippen LogP contribution is 2.32. The van der Waals surface area contributed by atoms with Crippen LogP contribution in [0.2, 0.25) is 0 Å². The van der Waals surface area contributed by atoms with Gasteiger partial charge in [-0.05, 0) is 36.4 Å². The zero-order valence-corrected chi connectivity index (χ0v) is 15.4. The number of rotatable bonds is 5. The number of halogens is 1. The number of hydrogen-bond donors (Lipinski definition) is 2. The van der Waals surface area contributed by atoms with Crippen LogP contribution in [0, 0.1) is 5.82 Å². The number of amides is 1. The second-order valence-corrected chi connectivity index (χ2v) is 7.04. The van der Waals surface area contributed by atoms with Gasteiger partial charge in [-0.1, -0.05) is 0 Å². The minimum atomic E-state index is -0.408. The zero-order valence-electron chi connectivity index (χ0n) is 14.6. The third kappa shape index (κ3) is 3.37. The third-order valence-electron chi connectivity index (χ3n) is 4.55. The number of aromatic nitrogens is 2. The third-order valence-corrected chi connectivity index (χ3v) is 5.37. The molecule has 0 bridgehead atoms. The molecule has 0 spiro atoms. The maximum Gasteiger partial charge on any atom is 0.261 e. The van der Waals surface area contributed by atoms with E-state index < -0.39 is 5.82 Å². The van der Waals surface area contributed by atoms with Crippen LogP contribution in [0.1, 0.15) is 12.8 Å². The molecule has 140 valence electrons. The molecule has 1 aliphatic heterocycles. The maximum atomic E-state index is 13.3. The summed E-state index contributed by atoms with van der Waals surface area (Å²) in [6.45, 7) is 0.750. The average molecular weight is 387 g/mol. The molecule has 3 aromatic rings. The van der Waals surface area contributed by atoms with Gasteiger partial charge in [-0.2, -0.15) is 0 Å². The minimum absolute atomic E-state index is 0.180. The number of thiophene rings is 1. The molecule has 1 amide bonds. The van der Waals surface area contributed by atoms with Crippen LogP contribution in [-0.4, -0.2) is 35.6 Å². The Morgan fingerprint density at radius 1 is 1.37 bits per heavy atom. The Morgan fingerprint density at radius 2 is 2.26 bits per heavy atom. The number of anilines is 2. The highest BCUT2D eigenvalue weighted by molar-refractivity contribution is 7.16. The monoisotopic (exact) mass is 387 g/mol. The first-order valence-electron chi connectivity index (χ1n) is 8.51. The number of hydrogen-bond acceptors (Lipinski definition) is 7. The molecule has 0 radical (unpaired) electrons. The van der Waals surface area contributed by atoms with Gasteiger partial charge in [-0.3, -0.25) is 15.6 Å². The summed E-state index contributed by atoms with van der Waals surface area (Å²) in [4.78, 5) is 24.4. The maximum absolute atomic E-state index is 13.3. The second kappa shape index (κ2) is 7.36. The van der Waals surface area contributed by atoms with Crippen molar-refractivity contribution in [3.05, 3.63) is 41.8 Å². The molecule has 1 aliphatic rings. The van der Waals surface area contributed by atoms with E-state index in [1.807, 2.05) is 16.3 Å². The van der Waals surface area contributed by atoms with Crippen molar-refractivity contribution < 1.29 is 13.9 Å². The molecule has 1 atom stereocenters. The van der Waals surface area contributed by atoms with Crippen LogP contribution in [0.15, 0.2) is 36.0 Å². The van der Waals surface area contributed by atoms with Crippen LogP contribution in [0.25, 0.3) is 10.2 Å². The van der Waals surface area contributed by atoms with Gasteiger partial charge in [0.25, 0.3) is 5.91 Å². The molecule has 9 heteroatoms. The Hall–Kier alpha value is -2.94. The summed E-state index contributed by atoms with van der Waals surface area (Å²) in [5, 5.41) is 2.92. The first-order valence-corrected chi connectivity index (χ1v) is 9.39. The van der Waals surface area contributed by atoms with E-state index in [0.29, 0.717) is 11.4 Å². The molecule has 1 unspecified atom stereocenters. The van der Waals surface area contributed by atoms with E-state index in [9.17, 15) is 9.18 Å². The van der Waals surface area contributed by atoms with Crippen molar-refractivity contribution in [3.63, 3.8) is 0 Å². The average Bonchev–Trinajstić information content (AvgIpc) is 3.35. The van der Waals surface area contributed by atoms with Crippen LogP contribution < -0.4 is 20.5 Å². The summed E-state index contributed by atoms with van der Waals surface area (Å²) >= 11 is 1.55. The Labute approximate surface area is 159 Å². The molecule has 7 nitrogen and oxygen atoms in total. The predicted molar refractivity (Wildman–Crippen MR) is 103 cm³/mol. The predicted octanol–water partition coefficient (Wildman–Crippen LogP) is 2.95. The summed E-state index contributed by atoms with van der Waals surface area (Å²) in [5.74, 6) is 0.503. The number of carbonyl (C=O) groups is 1. The molecule has 4 rings (SSSR count). The number of ether oxygens (including phenoxy) is 1. The van der Waals surface area contributed by atoms with Gasteiger partial charge in [-0.25, -0.2) is 14.4 Å². The van der Waals surface area contributed by atoms with Gasteiger partial charge >= 0.3 is 0 Å². The van der Waals surface area contributed by atoms with Crippen LogP contribution in [0.4, 0.5) is 15.9 Å².